The Bertz CT molecular complexity index is 772. The first-order valence-electron chi connectivity index (χ1n) is 8.47. The van der Waals surface area contributed by atoms with E-state index in [9.17, 15) is 4.79 Å². The highest BCUT2D eigenvalue weighted by atomic mass is 16.7. The van der Waals surface area contributed by atoms with Gasteiger partial charge in [0.25, 0.3) is 5.91 Å². The monoisotopic (exact) mass is 341 g/mol. The van der Waals surface area contributed by atoms with Crippen LogP contribution < -0.4 is 19.5 Å². The quantitative estimate of drug-likeness (QED) is 0.874. The minimum atomic E-state index is -0.518. The van der Waals surface area contributed by atoms with Crippen molar-refractivity contribution in [2.45, 2.75) is 39.8 Å². The number of amides is 1. The molecule has 0 aliphatic carbocycles. The molecule has 0 saturated heterocycles. The van der Waals surface area contributed by atoms with Gasteiger partial charge in [-0.05, 0) is 49.6 Å². The zero-order chi connectivity index (χ0) is 17.8. The summed E-state index contributed by atoms with van der Waals surface area (Å²) in [7, 11) is 0. The molecule has 0 saturated carbocycles. The standard InChI is InChI=1S/C20H23NO4/c1-4-16(25-17-7-5-13(2)9-14(17)3)20(22)21-11-15-6-8-18-19(10-15)24-12-23-18/h5-10,16H,4,11-12H2,1-3H3,(H,21,22)/t16-/m0/s1. The van der Waals surface area contributed by atoms with Crippen molar-refractivity contribution < 1.29 is 19.0 Å². The van der Waals surface area contributed by atoms with Gasteiger partial charge >= 0.3 is 0 Å². The number of hydrogen-bond acceptors (Lipinski definition) is 4. The predicted molar refractivity (Wildman–Crippen MR) is 95.0 cm³/mol. The van der Waals surface area contributed by atoms with E-state index in [2.05, 4.69) is 5.32 Å². The van der Waals surface area contributed by atoms with Crippen LogP contribution >= 0.6 is 0 Å². The molecule has 25 heavy (non-hydrogen) atoms. The Kier molecular flexibility index (Phi) is 5.12. The van der Waals surface area contributed by atoms with Crippen molar-refractivity contribution in [3.05, 3.63) is 53.1 Å². The Morgan fingerprint density at radius 3 is 2.72 bits per heavy atom. The van der Waals surface area contributed by atoms with Gasteiger partial charge in [0, 0.05) is 6.54 Å². The highest BCUT2D eigenvalue weighted by Gasteiger charge is 2.19. The molecule has 5 nitrogen and oxygen atoms in total. The van der Waals surface area contributed by atoms with Gasteiger partial charge in [-0.1, -0.05) is 30.7 Å². The summed E-state index contributed by atoms with van der Waals surface area (Å²) in [5.74, 6) is 2.07. The number of aryl methyl sites for hydroxylation is 2. The van der Waals surface area contributed by atoms with E-state index in [1.54, 1.807) is 0 Å². The van der Waals surface area contributed by atoms with Gasteiger partial charge in [0.05, 0.1) is 0 Å². The highest BCUT2D eigenvalue weighted by molar-refractivity contribution is 5.81. The van der Waals surface area contributed by atoms with E-state index in [1.807, 2.05) is 57.2 Å². The van der Waals surface area contributed by atoms with Crippen molar-refractivity contribution >= 4 is 5.91 Å². The summed E-state index contributed by atoms with van der Waals surface area (Å²) in [6.07, 6.45) is 0.0794. The second kappa shape index (κ2) is 7.47. The largest absolute Gasteiger partial charge is 0.480 e. The molecule has 0 fully saturated rings. The maximum absolute atomic E-state index is 12.5. The Balaban J connectivity index is 1.60. The predicted octanol–water partition coefficient (Wildman–Crippen LogP) is 3.51. The number of rotatable bonds is 6. The smallest absolute Gasteiger partial charge is 0.261 e. The normalized spacial score (nSPS) is 13.4. The number of ether oxygens (including phenoxy) is 3. The van der Waals surface area contributed by atoms with E-state index in [-0.39, 0.29) is 12.7 Å². The fourth-order valence-corrected chi connectivity index (χ4v) is 2.76. The molecule has 1 amide bonds. The number of hydrogen-bond donors (Lipinski definition) is 1. The third-order valence-corrected chi connectivity index (χ3v) is 4.17. The molecule has 0 unspecified atom stereocenters. The van der Waals surface area contributed by atoms with E-state index in [0.717, 1.165) is 22.6 Å². The molecule has 3 rings (SSSR count). The molecule has 0 radical (unpaired) electrons. The number of nitrogens with one attached hydrogen (secondary N) is 1. The van der Waals surface area contributed by atoms with Crippen LogP contribution in [0.2, 0.25) is 0 Å². The van der Waals surface area contributed by atoms with E-state index < -0.39 is 6.10 Å². The van der Waals surface area contributed by atoms with E-state index in [4.69, 9.17) is 14.2 Å². The second-order valence-electron chi connectivity index (χ2n) is 6.19. The number of fused-ring (bicyclic) bond motifs is 1. The average molecular weight is 341 g/mol. The van der Waals surface area contributed by atoms with E-state index in [0.29, 0.717) is 18.7 Å². The minimum absolute atomic E-state index is 0.125. The zero-order valence-electron chi connectivity index (χ0n) is 14.8. The lowest BCUT2D eigenvalue weighted by atomic mass is 10.1. The SMILES string of the molecule is CC[C@H](Oc1ccc(C)cc1C)C(=O)NCc1ccc2c(c1)OCO2. The van der Waals surface area contributed by atoms with Crippen molar-refractivity contribution in [2.75, 3.05) is 6.79 Å². The van der Waals surface area contributed by atoms with Crippen LogP contribution in [0.4, 0.5) is 0 Å². The van der Waals surface area contributed by atoms with Gasteiger partial charge in [0.1, 0.15) is 5.75 Å². The fourth-order valence-electron chi connectivity index (χ4n) is 2.76. The third-order valence-electron chi connectivity index (χ3n) is 4.17. The van der Waals surface area contributed by atoms with Crippen LogP contribution in [-0.2, 0) is 11.3 Å². The van der Waals surface area contributed by atoms with Gasteiger partial charge in [-0.2, -0.15) is 0 Å². The van der Waals surface area contributed by atoms with Crippen LogP contribution in [0.25, 0.3) is 0 Å². The van der Waals surface area contributed by atoms with Crippen molar-refractivity contribution in [1.82, 2.24) is 5.32 Å². The number of carbonyl (C=O) groups is 1. The molecule has 132 valence electrons. The summed E-state index contributed by atoms with van der Waals surface area (Å²) in [6, 6.07) is 11.6. The fraction of sp³-hybridized carbons (Fsp3) is 0.350. The first kappa shape index (κ1) is 17.1. The van der Waals surface area contributed by atoms with Gasteiger partial charge < -0.3 is 19.5 Å². The molecule has 0 aromatic heterocycles. The summed E-state index contributed by atoms with van der Waals surface area (Å²) in [6.45, 7) is 6.62. The highest BCUT2D eigenvalue weighted by Crippen LogP contribution is 2.32. The summed E-state index contributed by atoms with van der Waals surface area (Å²) in [4.78, 5) is 12.5. The van der Waals surface area contributed by atoms with Crippen LogP contribution in [0.3, 0.4) is 0 Å². The van der Waals surface area contributed by atoms with Gasteiger partial charge in [-0.15, -0.1) is 0 Å². The van der Waals surface area contributed by atoms with Crippen LogP contribution in [0.1, 0.15) is 30.0 Å². The maximum atomic E-state index is 12.5. The molecule has 1 atom stereocenters. The Morgan fingerprint density at radius 1 is 1.16 bits per heavy atom. The molecule has 0 bridgehead atoms. The topological polar surface area (TPSA) is 56.8 Å². The molecular weight excluding hydrogens is 318 g/mol. The van der Waals surface area contributed by atoms with E-state index in [1.165, 1.54) is 5.56 Å². The van der Waals surface area contributed by atoms with Crippen LogP contribution in [0, 0.1) is 13.8 Å². The molecule has 5 heteroatoms. The second-order valence-corrected chi connectivity index (χ2v) is 6.19. The summed E-state index contributed by atoms with van der Waals surface area (Å²) in [5, 5.41) is 2.93. The average Bonchev–Trinajstić information content (AvgIpc) is 3.07. The minimum Gasteiger partial charge on any atom is -0.480 e. The lowest BCUT2D eigenvalue weighted by molar-refractivity contribution is -0.128. The van der Waals surface area contributed by atoms with E-state index >= 15 is 0 Å². The molecule has 1 aliphatic heterocycles. The third kappa shape index (κ3) is 4.05. The van der Waals surface area contributed by atoms with Crippen molar-refractivity contribution in [3.63, 3.8) is 0 Å². The molecule has 2 aromatic carbocycles. The zero-order valence-corrected chi connectivity index (χ0v) is 14.8. The van der Waals surface area contributed by atoms with Crippen molar-refractivity contribution in [1.29, 1.82) is 0 Å². The summed E-state index contributed by atoms with van der Waals surface area (Å²) >= 11 is 0. The number of benzene rings is 2. The molecule has 1 N–H and O–H groups in total. The number of carbonyl (C=O) groups excluding carboxylic acids is 1. The molecule has 1 aliphatic rings. The molecule has 1 heterocycles. The van der Waals surface area contributed by atoms with Crippen molar-refractivity contribution in [3.8, 4) is 17.2 Å². The first-order chi connectivity index (χ1) is 12.1. The Morgan fingerprint density at radius 2 is 1.96 bits per heavy atom. The van der Waals surface area contributed by atoms with Gasteiger partial charge in [-0.3, -0.25) is 4.79 Å². The molecular formula is C20H23NO4. The molecule has 0 spiro atoms. The molecule has 2 aromatic rings. The summed E-state index contributed by atoms with van der Waals surface area (Å²) < 4.78 is 16.6. The Hall–Kier alpha value is -2.69. The summed E-state index contributed by atoms with van der Waals surface area (Å²) in [5.41, 5.74) is 3.16. The Labute approximate surface area is 147 Å². The van der Waals surface area contributed by atoms with Crippen LogP contribution in [0.5, 0.6) is 17.2 Å². The van der Waals surface area contributed by atoms with Crippen molar-refractivity contribution in [2.24, 2.45) is 0 Å². The van der Waals surface area contributed by atoms with Crippen LogP contribution in [0.15, 0.2) is 36.4 Å². The van der Waals surface area contributed by atoms with Gasteiger partial charge in [0.15, 0.2) is 17.6 Å². The van der Waals surface area contributed by atoms with Gasteiger partial charge in [0.2, 0.25) is 6.79 Å². The van der Waals surface area contributed by atoms with Crippen LogP contribution in [-0.4, -0.2) is 18.8 Å². The lowest BCUT2D eigenvalue weighted by Crippen LogP contribution is -2.37. The lowest BCUT2D eigenvalue weighted by Gasteiger charge is -2.19. The maximum Gasteiger partial charge on any atom is 0.261 e. The van der Waals surface area contributed by atoms with Gasteiger partial charge in [-0.25, -0.2) is 0 Å². The first-order valence-corrected chi connectivity index (χ1v) is 8.47.